The number of carbonyl (C=O) groups is 1. The summed E-state index contributed by atoms with van der Waals surface area (Å²) in [6.07, 6.45) is -10.4. The Morgan fingerprint density at radius 3 is 2.02 bits per heavy atom. The van der Waals surface area contributed by atoms with Crippen LogP contribution in [0.3, 0.4) is 0 Å². The number of halogens is 8. The van der Waals surface area contributed by atoms with Gasteiger partial charge in [-0.15, -0.1) is 4.91 Å². The van der Waals surface area contributed by atoms with Crippen molar-refractivity contribution >= 4 is 6.03 Å². The molecule has 3 rings (SSSR count). The van der Waals surface area contributed by atoms with E-state index in [-0.39, 0.29) is 11.1 Å². The van der Waals surface area contributed by atoms with E-state index < -0.39 is 65.2 Å². The molecule has 13 heteroatoms. The lowest BCUT2D eigenvalue weighted by Crippen LogP contribution is -2.53. The van der Waals surface area contributed by atoms with Crippen LogP contribution in [0.1, 0.15) is 41.7 Å². The van der Waals surface area contributed by atoms with Gasteiger partial charge in [-0.2, -0.15) is 26.3 Å². The minimum Gasteiger partial charge on any atom is -0.329 e. The van der Waals surface area contributed by atoms with Gasteiger partial charge in [0.2, 0.25) is 0 Å². The lowest BCUT2D eigenvalue weighted by atomic mass is 9.76. The molecule has 0 fully saturated rings. The second-order valence-electron chi connectivity index (χ2n) is 9.56. The molecule has 0 radical (unpaired) electrons. The van der Waals surface area contributed by atoms with Crippen LogP contribution >= 0.6 is 0 Å². The summed E-state index contributed by atoms with van der Waals surface area (Å²) in [6, 6.07) is 11.1. The summed E-state index contributed by atoms with van der Waals surface area (Å²) in [4.78, 5) is 24.3. The zero-order valence-electron chi connectivity index (χ0n) is 21.1. The van der Waals surface area contributed by atoms with E-state index in [0.717, 1.165) is 18.2 Å². The average molecular weight is 573 g/mol. The Labute approximate surface area is 223 Å². The van der Waals surface area contributed by atoms with Crippen molar-refractivity contribution in [3.8, 4) is 0 Å². The summed E-state index contributed by atoms with van der Waals surface area (Å²) in [6.45, 7) is 0.884. The highest BCUT2D eigenvalue weighted by molar-refractivity contribution is 5.76. The Morgan fingerprint density at radius 2 is 1.45 bits per heavy atom. The van der Waals surface area contributed by atoms with Gasteiger partial charge in [0.15, 0.2) is 0 Å². The average Bonchev–Trinajstić information content (AvgIpc) is 2.86. The summed E-state index contributed by atoms with van der Waals surface area (Å²) in [7, 11) is 0. The maximum atomic E-state index is 15.0. The topological polar surface area (TPSA) is 70.6 Å². The van der Waals surface area contributed by atoms with Gasteiger partial charge < -0.3 is 10.6 Å². The highest BCUT2D eigenvalue weighted by atomic mass is 19.4. The van der Waals surface area contributed by atoms with Gasteiger partial charge >= 0.3 is 18.4 Å². The van der Waals surface area contributed by atoms with Gasteiger partial charge in [-0.3, -0.25) is 0 Å². The van der Waals surface area contributed by atoms with E-state index >= 15 is 0 Å². The van der Waals surface area contributed by atoms with Crippen molar-refractivity contribution in [2.24, 2.45) is 5.18 Å². The molecule has 2 amide bonds. The second kappa shape index (κ2) is 11.2. The number of hydrogen-bond acceptors (Lipinski definition) is 3. The second-order valence-corrected chi connectivity index (χ2v) is 9.56. The molecule has 3 aromatic carbocycles. The maximum Gasteiger partial charge on any atom is 0.419 e. The van der Waals surface area contributed by atoms with Crippen LogP contribution < -0.4 is 10.6 Å². The maximum absolute atomic E-state index is 15.0. The molecular weight excluding hydrogens is 550 g/mol. The molecule has 40 heavy (non-hydrogen) atoms. The van der Waals surface area contributed by atoms with Crippen LogP contribution in [0.5, 0.6) is 0 Å². The third-order valence-corrected chi connectivity index (χ3v) is 6.18. The summed E-state index contributed by atoms with van der Waals surface area (Å²) in [5.74, 6) is -2.62. The number of nitrogens with one attached hydrogen (secondary N) is 2. The molecule has 0 aromatic heterocycles. The number of alkyl halides is 6. The van der Waals surface area contributed by atoms with Crippen molar-refractivity contribution in [1.29, 1.82) is 0 Å². The quantitative estimate of drug-likeness (QED) is 0.219. The summed E-state index contributed by atoms with van der Waals surface area (Å²) in [5, 5.41) is 6.83. The van der Waals surface area contributed by atoms with Crippen LogP contribution in [0.15, 0.2) is 71.9 Å². The Hall–Kier alpha value is -4.03. The van der Waals surface area contributed by atoms with Crippen molar-refractivity contribution in [2.75, 3.05) is 6.54 Å². The first-order chi connectivity index (χ1) is 18.5. The summed E-state index contributed by atoms with van der Waals surface area (Å²) >= 11 is 0. The Kier molecular flexibility index (Phi) is 8.56. The van der Waals surface area contributed by atoms with Crippen LogP contribution in [-0.4, -0.2) is 18.8 Å². The van der Waals surface area contributed by atoms with Gasteiger partial charge in [-0.05, 0) is 60.4 Å². The van der Waals surface area contributed by atoms with Crippen molar-refractivity contribution in [3.05, 3.63) is 111 Å². The Bertz CT molecular complexity index is 1370. The molecule has 0 spiro atoms. The highest BCUT2D eigenvalue weighted by Gasteiger charge is 2.42. The first kappa shape index (κ1) is 30.5. The molecule has 2 N–H and O–H groups in total. The largest absolute Gasteiger partial charge is 0.419 e. The molecule has 0 heterocycles. The van der Waals surface area contributed by atoms with E-state index in [1.807, 2.05) is 0 Å². The molecule has 0 unspecified atom stereocenters. The third-order valence-electron chi connectivity index (χ3n) is 6.18. The lowest BCUT2D eigenvalue weighted by Gasteiger charge is -2.37. The molecule has 0 aliphatic carbocycles. The fourth-order valence-electron chi connectivity index (χ4n) is 4.13. The normalized spacial score (nSPS) is 13.8. The van der Waals surface area contributed by atoms with E-state index in [9.17, 15) is 44.8 Å². The van der Waals surface area contributed by atoms with Gasteiger partial charge in [-0.1, -0.05) is 47.6 Å². The minimum atomic E-state index is -5.19. The molecular formula is C27H23F8N3O2. The number of amides is 2. The number of urea groups is 1. The standard InChI is InChI=1S/C27H23F8N3O2/c1-24(2,38-40)18-10-19(12-20(28)11-18)25(14-16-6-4-3-5-7-16,37-23(39)36-15-26(30,31)32)17-8-9-22(29)21(13-17)27(33,34)35/h3-13H,14-15H2,1-2H3,(H2,36,37,39)/t25-/m1/s1. The van der Waals surface area contributed by atoms with Crippen LogP contribution in [-0.2, 0) is 23.7 Å². The molecule has 5 nitrogen and oxygen atoms in total. The van der Waals surface area contributed by atoms with Gasteiger partial charge in [0, 0.05) is 6.42 Å². The van der Waals surface area contributed by atoms with Crippen molar-refractivity contribution in [1.82, 2.24) is 10.6 Å². The number of carbonyl (C=O) groups excluding carboxylic acids is 1. The summed E-state index contributed by atoms with van der Waals surface area (Å²) in [5.41, 5.74) is -5.77. The summed E-state index contributed by atoms with van der Waals surface area (Å²) < 4.78 is 109. The number of benzene rings is 3. The molecule has 1 atom stereocenters. The van der Waals surface area contributed by atoms with Gasteiger partial charge in [0.05, 0.1) is 11.1 Å². The number of nitrogens with zero attached hydrogens (tertiary/aromatic N) is 1. The molecule has 3 aromatic rings. The van der Waals surface area contributed by atoms with E-state index in [2.05, 4.69) is 10.5 Å². The van der Waals surface area contributed by atoms with Crippen LogP contribution in [0.2, 0.25) is 0 Å². The molecule has 0 aliphatic rings. The predicted molar refractivity (Wildman–Crippen MR) is 130 cm³/mol. The van der Waals surface area contributed by atoms with Crippen molar-refractivity contribution in [2.45, 2.75) is 43.7 Å². The first-order valence-electron chi connectivity index (χ1n) is 11.7. The van der Waals surface area contributed by atoms with Gasteiger partial charge in [0.25, 0.3) is 0 Å². The third kappa shape index (κ3) is 7.13. The molecule has 0 saturated heterocycles. The molecule has 0 aliphatic heterocycles. The Morgan fingerprint density at radius 1 is 0.825 bits per heavy atom. The number of rotatable bonds is 8. The highest BCUT2D eigenvalue weighted by Crippen LogP contribution is 2.40. The van der Waals surface area contributed by atoms with Crippen LogP contribution in [0, 0.1) is 16.5 Å². The van der Waals surface area contributed by atoms with E-state index in [1.54, 1.807) is 23.5 Å². The van der Waals surface area contributed by atoms with Crippen molar-refractivity contribution < 1.29 is 39.9 Å². The van der Waals surface area contributed by atoms with Crippen LogP contribution in [0.25, 0.3) is 0 Å². The first-order valence-corrected chi connectivity index (χ1v) is 11.7. The van der Waals surface area contributed by atoms with E-state index in [1.165, 1.54) is 32.0 Å². The Balaban J connectivity index is 2.38. The molecule has 214 valence electrons. The smallest absolute Gasteiger partial charge is 0.329 e. The fourth-order valence-corrected chi connectivity index (χ4v) is 4.13. The predicted octanol–water partition coefficient (Wildman–Crippen LogP) is 7.33. The van der Waals surface area contributed by atoms with Gasteiger partial charge in [0.1, 0.15) is 23.7 Å². The van der Waals surface area contributed by atoms with Gasteiger partial charge in [-0.25, -0.2) is 13.6 Å². The molecule has 0 saturated carbocycles. The van der Waals surface area contributed by atoms with Crippen molar-refractivity contribution in [3.63, 3.8) is 0 Å². The fraction of sp³-hybridized carbons (Fsp3) is 0.296. The molecule has 0 bridgehead atoms. The number of hydrogen-bond donors (Lipinski definition) is 2. The van der Waals surface area contributed by atoms with Crippen LogP contribution in [0.4, 0.5) is 39.9 Å². The zero-order chi connectivity index (χ0) is 29.9. The number of nitroso groups, excluding NO2 is 1. The monoisotopic (exact) mass is 573 g/mol. The zero-order valence-corrected chi connectivity index (χ0v) is 21.1. The van der Waals surface area contributed by atoms with E-state index in [4.69, 9.17) is 0 Å². The SMILES string of the molecule is CC(C)(N=O)c1cc(F)cc([C@](Cc2ccccc2)(NC(=O)NCC(F)(F)F)c2ccc(F)c(C(F)(F)F)c2)c1. The van der Waals surface area contributed by atoms with E-state index in [0.29, 0.717) is 17.7 Å². The lowest BCUT2D eigenvalue weighted by molar-refractivity contribution is -0.140. The minimum absolute atomic E-state index is 0.0365.